The summed E-state index contributed by atoms with van der Waals surface area (Å²) in [6, 6.07) is 9.14. The number of sulfonamides is 1. The summed E-state index contributed by atoms with van der Waals surface area (Å²) in [5.74, 6) is 0.260. The van der Waals surface area contributed by atoms with Crippen LogP contribution in [0.15, 0.2) is 24.3 Å². The van der Waals surface area contributed by atoms with Crippen LogP contribution in [0, 0.1) is 0 Å². The van der Waals surface area contributed by atoms with Crippen molar-refractivity contribution in [3.63, 3.8) is 0 Å². The van der Waals surface area contributed by atoms with E-state index in [0.29, 0.717) is 31.6 Å². The third-order valence-electron chi connectivity index (χ3n) is 5.01. The van der Waals surface area contributed by atoms with Crippen LogP contribution in [-0.4, -0.2) is 37.6 Å². The molecule has 1 saturated heterocycles. The van der Waals surface area contributed by atoms with Gasteiger partial charge in [0.15, 0.2) is 0 Å². The van der Waals surface area contributed by atoms with Crippen LogP contribution < -0.4 is 11.1 Å². The van der Waals surface area contributed by atoms with E-state index in [1.807, 2.05) is 13.0 Å². The van der Waals surface area contributed by atoms with Gasteiger partial charge in [-0.2, -0.15) is 0 Å². The van der Waals surface area contributed by atoms with Crippen LogP contribution in [0.1, 0.15) is 55.8 Å². The average molecular weight is 337 g/mol. The zero-order chi connectivity index (χ0) is 16.4. The zero-order valence-corrected chi connectivity index (χ0v) is 14.6. The minimum atomic E-state index is -3.06. The minimum absolute atomic E-state index is 0.105. The van der Waals surface area contributed by atoms with Gasteiger partial charge in [0, 0.05) is 31.2 Å². The molecule has 23 heavy (non-hydrogen) atoms. The fourth-order valence-corrected chi connectivity index (χ4v) is 5.35. The number of nitrogens with zero attached hydrogens (tertiary/aromatic N) is 1. The average Bonchev–Trinajstić information content (AvgIpc) is 2.85. The summed E-state index contributed by atoms with van der Waals surface area (Å²) < 4.78 is 25.9. The number of nitrogens with two attached hydrogens (primary N) is 1. The van der Waals surface area contributed by atoms with Gasteiger partial charge in [0.25, 0.3) is 0 Å². The molecular weight excluding hydrogens is 310 g/mol. The topological polar surface area (TPSA) is 75.4 Å². The summed E-state index contributed by atoms with van der Waals surface area (Å²) in [5, 5.41) is 3.71. The van der Waals surface area contributed by atoms with Crippen LogP contribution >= 0.6 is 0 Å². The van der Waals surface area contributed by atoms with Gasteiger partial charge in [0.1, 0.15) is 0 Å². The van der Waals surface area contributed by atoms with E-state index in [0.717, 1.165) is 19.3 Å². The van der Waals surface area contributed by atoms with Gasteiger partial charge in [-0.3, -0.25) is 0 Å². The lowest BCUT2D eigenvalue weighted by Gasteiger charge is -2.33. The Hall–Kier alpha value is -0.950. The molecule has 1 heterocycles. The maximum atomic E-state index is 12.1. The largest absolute Gasteiger partial charge is 0.324 e. The van der Waals surface area contributed by atoms with Crippen molar-refractivity contribution in [1.82, 2.24) is 9.62 Å². The molecule has 3 rings (SSSR count). The fourth-order valence-electron chi connectivity index (χ4n) is 3.80. The van der Waals surface area contributed by atoms with E-state index in [-0.39, 0.29) is 11.8 Å². The maximum Gasteiger partial charge on any atom is 0.214 e. The summed E-state index contributed by atoms with van der Waals surface area (Å²) in [5.41, 5.74) is 8.78. The van der Waals surface area contributed by atoms with Gasteiger partial charge < -0.3 is 11.1 Å². The van der Waals surface area contributed by atoms with E-state index in [2.05, 4.69) is 23.5 Å². The number of rotatable bonds is 5. The highest BCUT2D eigenvalue weighted by Crippen LogP contribution is 2.37. The Morgan fingerprint density at radius 2 is 1.87 bits per heavy atom. The number of fused-ring (bicyclic) bond motifs is 1. The van der Waals surface area contributed by atoms with Crippen molar-refractivity contribution in [2.75, 3.05) is 18.8 Å². The molecule has 1 aliphatic heterocycles. The Labute approximate surface area is 139 Å². The quantitative estimate of drug-likeness (QED) is 0.861. The highest BCUT2D eigenvalue weighted by molar-refractivity contribution is 7.89. The van der Waals surface area contributed by atoms with Crippen molar-refractivity contribution >= 4 is 10.0 Å². The number of piperidine rings is 1. The Kier molecular flexibility index (Phi) is 5.06. The summed E-state index contributed by atoms with van der Waals surface area (Å²) in [7, 11) is -3.06. The van der Waals surface area contributed by atoms with Crippen molar-refractivity contribution in [1.29, 1.82) is 0 Å². The van der Waals surface area contributed by atoms with Gasteiger partial charge in [-0.25, -0.2) is 12.7 Å². The first-order valence-corrected chi connectivity index (χ1v) is 10.2. The predicted molar refractivity (Wildman–Crippen MR) is 92.5 cm³/mol. The summed E-state index contributed by atoms with van der Waals surface area (Å²) in [6.45, 7) is 3.16. The molecule has 0 bridgehead atoms. The standard InChI is InChI=1S/C17H27N3O2S/c1-2-11-23(21,22)20-9-7-13(8-10-20)19-17-12-16(18)14-5-3-4-6-15(14)17/h3-6,13,16-17,19H,2,7-12,18H2,1H3. The summed E-state index contributed by atoms with van der Waals surface area (Å²) >= 11 is 0. The highest BCUT2D eigenvalue weighted by atomic mass is 32.2. The molecule has 2 unspecified atom stereocenters. The van der Waals surface area contributed by atoms with Crippen molar-refractivity contribution in [3.8, 4) is 0 Å². The number of nitrogens with one attached hydrogen (secondary N) is 1. The highest BCUT2D eigenvalue weighted by Gasteiger charge is 2.32. The summed E-state index contributed by atoms with van der Waals surface area (Å²) in [6.07, 6.45) is 3.35. The zero-order valence-electron chi connectivity index (χ0n) is 13.7. The lowest BCUT2D eigenvalue weighted by Crippen LogP contribution is -2.46. The van der Waals surface area contributed by atoms with Crippen LogP contribution in [0.2, 0.25) is 0 Å². The Balaban J connectivity index is 1.58. The van der Waals surface area contributed by atoms with Gasteiger partial charge in [-0.1, -0.05) is 31.2 Å². The van der Waals surface area contributed by atoms with Crippen LogP contribution in [0.25, 0.3) is 0 Å². The molecule has 1 aromatic rings. The van der Waals surface area contributed by atoms with Crippen LogP contribution in [0.5, 0.6) is 0 Å². The van der Waals surface area contributed by atoms with Crippen molar-refractivity contribution in [2.24, 2.45) is 5.73 Å². The summed E-state index contributed by atoms with van der Waals surface area (Å²) in [4.78, 5) is 0. The van der Waals surface area contributed by atoms with Crippen molar-refractivity contribution < 1.29 is 8.42 Å². The van der Waals surface area contributed by atoms with Gasteiger partial charge in [0.2, 0.25) is 10.0 Å². The molecule has 1 aliphatic carbocycles. The van der Waals surface area contributed by atoms with Gasteiger partial charge in [0.05, 0.1) is 5.75 Å². The Bertz CT molecular complexity index is 639. The number of benzene rings is 1. The Morgan fingerprint density at radius 1 is 1.22 bits per heavy atom. The molecule has 128 valence electrons. The monoisotopic (exact) mass is 337 g/mol. The minimum Gasteiger partial charge on any atom is -0.324 e. The van der Waals surface area contributed by atoms with Gasteiger partial charge in [-0.15, -0.1) is 0 Å². The molecule has 0 amide bonds. The second kappa shape index (κ2) is 6.89. The third kappa shape index (κ3) is 3.60. The van der Waals surface area contributed by atoms with Crippen molar-refractivity contribution in [2.45, 2.75) is 50.7 Å². The van der Waals surface area contributed by atoms with E-state index in [9.17, 15) is 8.42 Å². The van der Waals surface area contributed by atoms with E-state index in [1.54, 1.807) is 4.31 Å². The molecule has 3 N–H and O–H groups in total. The molecule has 1 aromatic carbocycles. The molecule has 0 aromatic heterocycles. The van der Waals surface area contributed by atoms with E-state index >= 15 is 0 Å². The molecule has 6 heteroatoms. The lowest BCUT2D eigenvalue weighted by atomic mass is 10.0. The maximum absolute atomic E-state index is 12.1. The second-order valence-corrected chi connectivity index (χ2v) is 8.77. The first kappa shape index (κ1) is 16.9. The molecular formula is C17H27N3O2S. The predicted octanol–water partition coefficient (Wildman–Crippen LogP) is 1.93. The number of hydrogen-bond donors (Lipinski definition) is 2. The van der Waals surface area contributed by atoms with E-state index < -0.39 is 10.0 Å². The first-order valence-electron chi connectivity index (χ1n) is 8.59. The molecule has 2 atom stereocenters. The SMILES string of the molecule is CCCS(=O)(=O)N1CCC(NC2CC(N)c3ccccc32)CC1. The lowest BCUT2D eigenvalue weighted by molar-refractivity contribution is 0.271. The fraction of sp³-hybridized carbons (Fsp3) is 0.647. The van der Waals surface area contributed by atoms with E-state index in [1.165, 1.54) is 11.1 Å². The molecule has 0 spiro atoms. The smallest absolute Gasteiger partial charge is 0.214 e. The van der Waals surface area contributed by atoms with Gasteiger partial charge >= 0.3 is 0 Å². The van der Waals surface area contributed by atoms with Crippen LogP contribution in [0.4, 0.5) is 0 Å². The normalized spacial score (nSPS) is 26.3. The van der Waals surface area contributed by atoms with Crippen molar-refractivity contribution in [3.05, 3.63) is 35.4 Å². The van der Waals surface area contributed by atoms with E-state index in [4.69, 9.17) is 5.73 Å². The van der Waals surface area contributed by atoms with Crippen LogP contribution in [0.3, 0.4) is 0 Å². The molecule has 0 radical (unpaired) electrons. The van der Waals surface area contributed by atoms with Gasteiger partial charge in [-0.05, 0) is 36.8 Å². The Morgan fingerprint density at radius 3 is 2.52 bits per heavy atom. The third-order valence-corrected chi connectivity index (χ3v) is 7.08. The first-order chi connectivity index (χ1) is 11.0. The van der Waals surface area contributed by atoms with Crippen LogP contribution in [-0.2, 0) is 10.0 Å². The second-order valence-electron chi connectivity index (χ2n) is 6.68. The molecule has 5 nitrogen and oxygen atoms in total. The molecule has 1 fully saturated rings. The molecule has 0 saturated carbocycles. The molecule has 2 aliphatic rings. The number of hydrogen-bond acceptors (Lipinski definition) is 4.